The molecule has 1 aliphatic rings. The van der Waals surface area contributed by atoms with Crippen molar-refractivity contribution in [3.05, 3.63) is 29.8 Å². The average molecular weight is 197 g/mol. The Morgan fingerprint density at radius 1 is 1.21 bits per heavy atom. The molecule has 1 atom stereocenters. The van der Waals surface area contributed by atoms with Gasteiger partial charge in [-0.25, -0.2) is 8.78 Å². The van der Waals surface area contributed by atoms with E-state index < -0.39 is 5.92 Å². The topological polar surface area (TPSA) is 26.0 Å². The first-order valence-electron chi connectivity index (χ1n) is 4.80. The molecule has 1 fully saturated rings. The van der Waals surface area contributed by atoms with E-state index in [2.05, 4.69) is 0 Å². The summed E-state index contributed by atoms with van der Waals surface area (Å²) in [6.07, 6.45) is 0.579. The normalized spacial score (nSPS) is 25.1. The molecule has 3 heteroatoms. The van der Waals surface area contributed by atoms with Gasteiger partial charge >= 0.3 is 0 Å². The number of alkyl halides is 2. The van der Waals surface area contributed by atoms with Crippen molar-refractivity contribution in [2.45, 2.75) is 31.1 Å². The lowest BCUT2D eigenvalue weighted by atomic mass is 9.97. The summed E-state index contributed by atoms with van der Waals surface area (Å²) in [5, 5.41) is 0. The zero-order valence-electron chi connectivity index (χ0n) is 7.84. The highest BCUT2D eigenvalue weighted by atomic mass is 19.3. The molecule has 1 saturated carbocycles. The quantitative estimate of drug-likeness (QED) is 0.687. The third-order valence-corrected chi connectivity index (χ3v) is 2.81. The van der Waals surface area contributed by atoms with E-state index in [-0.39, 0.29) is 18.8 Å². The third kappa shape index (κ3) is 1.86. The number of rotatable bonds is 1. The molecule has 1 aliphatic carbocycles. The SMILES string of the molecule is Nc1ccc(C2CCC(F)(F)C2)cc1. The second-order valence-electron chi connectivity index (χ2n) is 3.96. The van der Waals surface area contributed by atoms with Crippen molar-refractivity contribution in [2.24, 2.45) is 0 Å². The van der Waals surface area contributed by atoms with E-state index in [0.29, 0.717) is 12.1 Å². The summed E-state index contributed by atoms with van der Waals surface area (Å²) >= 11 is 0. The van der Waals surface area contributed by atoms with Gasteiger partial charge in [0.05, 0.1) is 0 Å². The minimum Gasteiger partial charge on any atom is -0.399 e. The molecule has 2 rings (SSSR count). The molecule has 0 saturated heterocycles. The highest BCUT2D eigenvalue weighted by Crippen LogP contribution is 2.44. The Labute approximate surface area is 81.9 Å². The van der Waals surface area contributed by atoms with Gasteiger partial charge in [-0.15, -0.1) is 0 Å². The van der Waals surface area contributed by atoms with Gasteiger partial charge < -0.3 is 5.73 Å². The number of hydrogen-bond acceptors (Lipinski definition) is 1. The number of halogens is 2. The van der Waals surface area contributed by atoms with Crippen LogP contribution in [0.5, 0.6) is 0 Å². The summed E-state index contributed by atoms with van der Waals surface area (Å²) in [7, 11) is 0. The van der Waals surface area contributed by atoms with Crippen LogP contribution in [0.4, 0.5) is 14.5 Å². The summed E-state index contributed by atoms with van der Waals surface area (Å²) in [5.74, 6) is -2.46. The molecule has 76 valence electrons. The minimum atomic E-state index is -2.47. The molecular formula is C11H13F2N. The molecule has 1 aromatic rings. The van der Waals surface area contributed by atoms with Crippen molar-refractivity contribution >= 4 is 5.69 Å². The molecule has 14 heavy (non-hydrogen) atoms. The fourth-order valence-corrected chi connectivity index (χ4v) is 2.00. The molecule has 0 aromatic heterocycles. The van der Waals surface area contributed by atoms with Crippen molar-refractivity contribution < 1.29 is 8.78 Å². The summed E-state index contributed by atoms with van der Waals surface area (Å²) in [5.41, 5.74) is 7.19. The lowest BCUT2D eigenvalue weighted by molar-refractivity contribution is 0.00777. The Hall–Kier alpha value is -1.12. The first-order valence-corrected chi connectivity index (χ1v) is 4.80. The van der Waals surface area contributed by atoms with Gasteiger partial charge in [-0.1, -0.05) is 12.1 Å². The Balaban J connectivity index is 2.14. The zero-order chi connectivity index (χ0) is 10.2. The molecular weight excluding hydrogens is 184 g/mol. The maximum Gasteiger partial charge on any atom is 0.248 e. The van der Waals surface area contributed by atoms with Crippen LogP contribution in [0.15, 0.2) is 24.3 Å². The predicted molar refractivity (Wildman–Crippen MR) is 52.4 cm³/mol. The first-order chi connectivity index (χ1) is 6.57. The predicted octanol–water partition coefficient (Wildman–Crippen LogP) is 3.17. The van der Waals surface area contributed by atoms with Crippen molar-refractivity contribution in [1.29, 1.82) is 0 Å². The molecule has 0 heterocycles. The minimum absolute atomic E-state index is 0.00519. The van der Waals surface area contributed by atoms with E-state index in [4.69, 9.17) is 5.73 Å². The standard InChI is InChI=1S/C11H13F2N/c12-11(13)6-5-9(7-11)8-1-3-10(14)4-2-8/h1-4,9H,5-7,14H2. The van der Waals surface area contributed by atoms with Crippen LogP contribution in [-0.2, 0) is 0 Å². The van der Waals surface area contributed by atoms with Crippen LogP contribution >= 0.6 is 0 Å². The summed E-state index contributed by atoms with van der Waals surface area (Å²) < 4.78 is 25.9. The molecule has 1 unspecified atom stereocenters. The third-order valence-electron chi connectivity index (χ3n) is 2.81. The van der Waals surface area contributed by atoms with E-state index in [1.807, 2.05) is 12.1 Å². The van der Waals surface area contributed by atoms with Gasteiger partial charge in [-0.05, 0) is 30.0 Å². The van der Waals surface area contributed by atoms with Gasteiger partial charge in [0, 0.05) is 18.5 Å². The van der Waals surface area contributed by atoms with E-state index >= 15 is 0 Å². The monoisotopic (exact) mass is 197 g/mol. The maximum absolute atomic E-state index is 12.9. The van der Waals surface area contributed by atoms with Crippen LogP contribution in [0.3, 0.4) is 0 Å². The van der Waals surface area contributed by atoms with E-state index in [1.54, 1.807) is 12.1 Å². The Morgan fingerprint density at radius 3 is 2.36 bits per heavy atom. The molecule has 0 radical (unpaired) electrons. The van der Waals surface area contributed by atoms with Crippen molar-refractivity contribution in [3.63, 3.8) is 0 Å². The Kier molecular flexibility index (Phi) is 2.17. The maximum atomic E-state index is 12.9. The molecule has 2 N–H and O–H groups in total. The van der Waals surface area contributed by atoms with Gasteiger partial charge in [-0.3, -0.25) is 0 Å². The molecule has 0 spiro atoms. The van der Waals surface area contributed by atoms with Crippen molar-refractivity contribution in [2.75, 3.05) is 5.73 Å². The lowest BCUT2D eigenvalue weighted by Crippen LogP contribution is -2.09. The van der Waals surface area contributed by atoms with Crippen LogP contribution in [0.2, 0.25) is 0 Å². The van der Waals surface area contributed by atoms with Gasteiger partial charge in [-0.2, -0.15) is 0 Å². The highest BCUT2D eigenvalue weighted by molar-refractivity contribution is 5.40. The van der Waals surface area contributed by atoms with Crippen LogP contribution in [0, 0.1) is 0 Å². The number of benzene rings is 1. The van der Waals surface area contributed by atoms with E-state index in [9.17, 15) is 8.78 Å². The number of hydrogen-bond donors (Lipinski definition) is 1. The van der Waals surface area contributed by atoms with E-state index in [1.165, 1.54) is 0 Å². The second-order valence-corrected chi connectivity index (χ2v) is 3.96. The van der Waals surface area contributed by atoms with E-state index in [0.717, 1.165) is 5.56 Å². The van der Waals surface area contributed by atoms with Gasteiger partial charge in [0.1, 0.15) is 0 Å². The van der Waals surface area contributed by atoms with Gasteiger partial charge in [0.2, 0.25) is 5.92 Å². The number of anilines is 1. The second kappa shape index (κ2) is 3.23. The van der Waals surface area contributed by atoms with Crippen LogP contribution < -0.4 is 5.73 Å². The number of nitrogen functional groups attached to an aromatic ring is 1. The first kappa shape index (κ1) is 9.44. The van der Waals surface area contributed by atoms with Crippen molar-refractivity contribution in [3.8, 4) is 0 Å². The smallest absolute Gasteiger partial charge is 0.248 e. The fraction of sp³-hybridized carbons (Fsp3) is 0.455. The average Bonchev–Trinajstić information content (AvgIpc) is 2.47. The summed E-state index contributed by atoms with van der Waals surface area (Å²) in [4.78, 5) is 0. The fourth-order valence-electron chi connectivity index (χ4n) is 2.00. The molecule has 0 amide bonds. The highest BCUT2D eigenvalue weighted by Gasteiger charge is 2.39. The zero-order valence-corrected chi connectivity index (χ0v) is 7.84. The summed E-state index contributed by atoms with van der Waals surface area (Å²) in [6, 6.07) is 7.24. The lowest BCUT2D eigenvalue weighted by Gasteiger charge is -2.10. The number of nitrogens with two attached hydrogens (primary N) is 1. The largest absolute Gasteiger partial charge is 0.399 e. The molecule has 1 aromatic carbocycles. The molecule has 0 bridgehead atoms. The van der Waals surface area contributed by atoms with Crippen LogP contribution in [0.1, 0.15) is 30.7 Å². The Bertz CT molecular complexity index is 319. The van der Waals surface area contributed by atoms with Gasteiger partial charge in [0.15, 0.2) is 0 Å². The summed E-state index contributed by atoms with van der Waals surface area (Å²) in [6.45, 7) is 0. The Morgan fingerprint density at radius 2 is 1.86 bits per heavy atom. The van der Waals surface area contributed by atoms with Crippen molar-refractivity contribution in [1.82, 2.24) is 0 Å². The van der Waals surface area contributed by atoms with Crippen LogP contribution in [0.25, 0.3) is 0 Å². The molecule has 1 nitrogen and oxygen atoms in total. The van der Waals surface area contributed by atoms with Gasteiger partial charge in [0.25, 0.3) is 0 Å². The van der Waals surface area contributed by atoms with Crippen LogP contribution in [-0.4, -0.2) is 5.92 Å². The molecule has 0 aliphatic heterocycles.